The van der Waals surface area contributed by atoms with Crippen molar-refractivity contribution in [3.05, 3.63) is 12.3 Å². The fourth-order valence-corrected chi connectivity index (χ4v) is 0.542. The van der Waals surface area contributed by atoms with Gasteiger partial charge in [-0.05, 0) is 7.05 Å². The number of hydrogen-bond donors (Lipinski definition) is 0. The first-order valence-corrected chi connectivity index (χ1v) is 2.98. The molecule has 0 unspecified atom stereocenters. The maximum atomic E-state index is 8.26. The van der Waals surface area contributed by atoms with Crippen molar-refractivity contribution in [2.24, 2.45) is 0 Å². The predicted molar refractivity (Wildman–Crippen MR) is 39.3 cm³/mol. The second-order valence-corrected chi connectivity index (χ2v) is 2.07. The van der Waals surface area contributed by atoms with E-state index in [0.29, 0.717) is 18.8 Å². The lowest BCUT2D eigenvalue weighted by Gasteiger charge is -2.12. The molecule has 0 aromatic carbocycles. The molecular weight excluding hydrogens is 128 g/mol. The maximum absolute atomic E-state index is 8.26. The summed E-state index contributed by atoms with van der Waals surface area (Å²) < 4.78 is 4.82. The van der Waals surface area contributed by atoms with Gasteiger partial charge in [-0.15, -0.1) is 0 Å². The minimum absolute atomic E-state index is 0.405. The fourth-order valence-electron chi connectivity index (χ4n) is 0.542. The van der Waals surface area contributed by atoms with Gasteiger partial charge in [-0.25, -0.2) is 0 Å². The number of hydrogen-bond acceptors (Lipinski definition) is 3. The second kappa shape index (κ2) is 4.83. The first kappa shape index (κ1) is 8.99. The quantitative estimate of drug-likeness (QED) is 0.424. The van der Waals surface area contributed by atoms with Crippen molar-refractivity contribution >= 4 is 0 Å². The summed E-state index contributed by atoms with van der Waals surface area (Å²) >= 11 is 0. The smallest absolute Gasteiger partial charge is 0.102 e. The number of rotatable bonds is 4. The van der Waals surface area contributed by atoms with Gasteiger partial charge in [-0.2, -0.15) is 5.26 Å². The van der Waals surface area contributed by atoms with Crippen LogP contribution in [0.25, 0.3) is 0 Å². The molecule has 0 amide bonds. The average molecular weight is 140 g/mol. The standard InChI is InChI=1S/C7H12N2O/c1-7(10-3)6-9(2)5-4-8/h1,5-6H2,2-3H3. The van der Waals surface area contributed by atoms with Gasteiger partial charge in [0.2, 0.25) is 0 Å². The van der Waals surface area contributed by atoms with Crippen LogP contribution in [-0.2, 0) is 4.74 Å². The van der Waals surface area contributed by atoms with Crippen molar-refractivity contribution < 1.29 is 4.74 Å². The molecule has 10 heavy (non-hydrogen) atoms. The summed E-state index contributed by atoms with van der Waals surface area (Å²) in [6.07, 6.45) is 0. The molecule has 56 valence electrons. The van der Waals surface area contributed by atoms with Crippen LogP contribution in [0.15, 0.2) is 12.3 Å². The molecule has 0 aliphatic rings. The van der Waals surface area contributed by atoms with Crippen LogP contribution >= 0.6 is 0 Å². The van der Waals surface area contributed by atoms with E-state index in [-0.39, 0.29) is 0 Å². The fraction of sp³-hybridized carbons (Fsp3) is 0.571. The Bertz CT molecular complexity index is 148. The number of ether oxygens (including phenoxy) is 1. The highest BCUT2D eigenvalue weighted by Gasteiger charge is 1.98. The molecule has 0 aliphatic carbocycles. The Morgan fingerprint density at radius 2 is 2.40 bits per heavy atom. The summed E-state index contributed by atoms with van der Waals surface area (Å²) in [5.41, 5.74) is 0. The van der Waals surface area contributed by atoms with Gasteiger partial charge in [-0.3, -0.25) is 4.90 Å². The molecule has 0 rings (SSSR count). The lowest BCUT2D eigenvalue weighted by molar-refractivity contribution is 0.245. The predicted octanol–water partition coefficient (Wildman–Crippen LogP) is 0.602. The van der Waals surface area contributed by atoms with E-state index in [2.05, 4.69) is 6.58 Å². The number of nitrogens with zero attached hydrogens (tertiary/aromatic N) is 2. The Morgan fingerprint density at radius 3 is 2.80 bits per heavy atom. The second-order valence-electron chi connectivity index (χ2n) is 2.07. The molecule has 0 radical (unpaired) electrons. The lowest BCUT2D eigenvalue weighted by atomic mass is 10.5. The normalized spacial score (nSPS) is 9.00. The Morgan fingerprint density at radius 1 is 1.80 bits per heavy atom. The van der Waals surface area contributed by atoms with Crippen molar-refractivity contribution in [3.63, 3.8) is 0 Å². The molecule has 3 heteroatoms. The van der Waals surface area contributed by atoms with Gasteiger partial charge in [0.05, 0.1) is 26.3 Å². The molecule has 0 aromatic rings. The average Bonchev–Trinajstić information content (AvgIpc) is 1.88. The van der Waals surface area contributed by atoms with Crippen LogP contribution in [0.5, 0.6) is 0 Å². The zero-order valence-electron chi connectivity index (χ0n) is 6.42. The van der Waals surface area contributed by atoms with Gasteiger partial charge in [0.1, 0.15) is 5.76 Å². The number of methoxy groups -OCH3 is 1. The van der Waals surface area contributed by atoms with E-state index in [1.54, 1.807) is 7.11 Å². The van der Waals surface area contributed by atoms with Gasteiger partial charge in [0, 0.05) is 0 Å². The molecule has 0 saturated heterocycles. The minimum Gasteiger partial charge on any atom is -0.500 e. The monoisotopic (exact) mass is 140 g/mol. The van der Waals surface area contributed by atoms with Crippen molar-refractivity contribution in [1.82, 2.24) is 4.90 Å². The summed E-state index contributed by atoms with van der Waals surface area (Å²) in [6.45, 7) is 4.64. The largest absolute Gasteiger partial charge is 0.500 e. The van der Waals surface area contributed by atoms with Crippen LogP contribution in [0.3, 0.4) is 0 Å². The molecule has 0 atom stereocenters. The molecule has 0 bridgehead atoms. The maximum Gasteiger partial charge on any atom is 0.102 e. The molecule has 0 saturated carbocycles. The van der Waals surface area contributed by atoms with Gasteiger partial charge >= 0.3 is 0 Å². The summed E-state index contributed by atoms with van der Waals surface area (Å²) in [5.74, 6) is 0.678. The Balaban J connectivity index is 3.49. The highest BCUT2D eigenvalue weighted by Crippen LogP contribution is 1.92. The Labute approximate surface area is 61.5 Å². The van der Waals surface area contributed by atoms with Gasteiger partial charge < -0.3 is 4.74 Å². The highest BCUT2D eigenvalue weighted by molar-refractivity contribution is 4.87. The summed E-state index contributed by atoms with van der Waals surface area (Å²) in [7, 11) is 3.41. The van der Waals surface area contributed by atoms with Crippen LogP contribution in [0.4, 0.5) is 0 Å². The first-order chi connectivity index (χ1) is 4.70. The lowest BCUT2D eigenvalue weighted by Crippen LogP contribution is -2.21. The van der Waals surface area contributed by atoms with E-state index in [1.165, 1.54) is 0 Å². The van der Waals surface area contributed by atoms with Crippen LogP contribution in [0, 0.1) is 11.3 Å². The van der Waals surface area contributed by atoms with Crippen LogP contribution in [-0.4, -0.2) is 32.1 Å². The zero-order valence-corrected chi connectivity index (χ0v) is 6.42. The van der Waals surface area contributed by atoms with Crippen molar-refractivity contribution in [2.45, 2.75) is 0 Å². The van der Waals surface area contributed by atoms with E-state index in [1.807, 2.05) is 18.0 Å². The molecule has 0 N–H and O–H groups in total. The first-order valence-electron chi connectivity index (χ1n) is 2.98. The Kier molecular flexibility index (Phi) is 4.34. The molecular formula is C7H12N2O. The van der Waals surface area contributed by atoms with E-state index in [9.17, 15) is 0 Å². The van der Waals surface area contributed by atoms with Crippen molar-refractivity contribution in [3.8, 4) is 6.07 Å². The summed E-state index contributed by atoms with van der Waals surface area (Å²) in [4.78, 5) is 1.83. The van der Waals surface area contributed by atoms with E-state index in [0.717, 1.165) is 0 Å². The molecule has 0 aromatic heterocycles. The van der Waals surface area contributed by atoms with Crippen LogP contribution in [0.2, 0.25) is 0 Å². The van der Waals surface area contributed by atoms with E-state index < -0.39 is 0 Å². The number of likely N-dealkylation sites (N-methyl/N-ethyl adjacent to an activating group) is 1. The third-order valence-electron chi connectivity index (χ3n) is 1.08. The van der Waals surface area contributed by atoms with Crippen molar-refractivity contribution in [2.75, 3.05) is 27.2 Å². The Hall–Kier alpha value is -1.01. The summed E-state index contributed by atoms with van der Waals surface area (Å²) in [6, 6.07) is 2.03. The van der Waals surface area contributed by atoms with Crippen LogP contribution < -0.4 is 0 Å². The molecule has 0 spiro atoms. The van der Waals surface area contributed by atoms with Gasteiger partial charge in [0.25, 0.3) is 0 Å². The SMILES string of the molecule is C=C(CN(C)CC#N)OC. The van der Waals surface area contributed by atoms with Gasteiger partial charge in [-0.1, -0.05) is 6.58 Å². The third-order valence-corrected chi connectivity index (χ3v) is 1.08. The van der Waals surface area contributed by atoms with Crippen molar-refractivity contribution in [1.29, 1.82) is 5.26 Å². The van der Waals surface area contributed by atoms with E-state index in [4.69, 9.17) is 10.00 Å². The molecule has 3 nitrogen and oxygen atoms in total. The zero-order chi connectivity index (χ0) is 7.98. The van der Waals surface area contributed by atoms with Crippen LogP contribution in [0.1, 0.15) is 0 Å². The molecule has 0 aliphatic heterocycles. The van der Waals surface area contributed by atoms with E-state index >= 15 is 0 Å². The summed E-state index contributed by atoms with van der Waals surface area (Å²) in [5, 5.41) is 8.26. The number of nitriles is 1. The minimum atomic E-state index is 0.405. The molecule has 0 fully saturated rings. The molecule has 0 heterocycles. The third kappa shape index (κ3) is 3.93. The highest BCUT2D eigenvalue weighted by atomic mass is 16.5. The topological polar surface area (TPSA) is 36.3 Å². The van der Waals surface area contributed by atoms with Gasteiger partial charge in [0.15, 0.2) is 0 Å².